The van der Waals surface area contributed by atoms with Crippen molar-refractivity contribution in [2.24, 2.45) is 0 Å². The molecule has 1 aromatic heterocycles. The van der Waals surface area contributed by atoms with Crippen molar-refractivity contribution in [2.45, 2.75) is 0 Å². The molecule has 0 fully saturated rings. The van der Waals surface area contributed by atoms with Crippen LogP contribution in [0, 0.1) is 0 Å². The summed E-state index contributed by atoms with van der Waals surface area (Å²) in [4.78, 5) is 45.8. The second kappa shape index (κ2) is 7.89. The fraction of sp³-hybridized carbons (Fsp3) is 0. The molecule has 33 heavy (non-hydrogen) atoms. The first-order valence-corrected chi connectivity index (χ1v) is 9.15. The van der Waals surface area contributed by atoms with Crippen LogP contribution in [0.5, 0.6) is 0 Å². The van der Waals surface area contributed by atoms with E-state index in [9.17, 15) is 39.6 Å². The lowest BCUT2D eigenvalue weighted by Gasteiger charge is -2.09. The van der Waals surface area contributed by atoms with Gasteiger partial charge in [0.05, 0.1) is 22.3 Å². The van der Waals surface area contributed by atoms with Gasteiger partial charge in [0, 0.05) is 11.1 Å². The average molecular weight is 448 g/mol. The van der Waals surface area contributed by atoms with Gasteiger partial charge in [0.25, 0.3) is 0 Å². The molecule has 0 unspecified atom stereocenters. The lowest BCUT2D eigenvalue weighted by Crippen LogP contribution is -2.03. The normalized spacial score (nSPS) is 10.8. The quantitative estimate of drug-likeness (QED) is 0.338. The maximum Gasteiger partial charge on any atom is 0.335 e. The highest BCUT2D eigenvalue weighted by Gasteiger charge is 2.20. The molecule has 3 aromatic carbocycles. The highest BCUT2D eigenvalue weighted by atomic mass is 16.6. The summed E-state index contributed by atoms with van der Waals surface area (Å²) in [5, 5.41) is 45.0. The monoisotopic (exact) mass is 448 g/mol. The molecule has 164 valence electrons. The van der Waals surface area contributed by atoms with E-state index < -0.39 is 23.9 Å². The Morgan fingerprint density at radius 3 is 1.12 bits per heavy atom. The molecule has 11 nitrogen and oxygen atoms in total. The Labute approximate surface area is 183 Å². The summed E-state index contributed by atoms with van der Waals surface area (Å²) in [5.41, 5.74) is 0.361. The van der Waals surface area contributed by atoms with Crippen LogP contribution < -0.4 is 0 Å². The number of carbonyl (C=O) groups is 4. The molecule has 4 aromatic rings. The molecule has 0 aliphatic carbocycles. The van der Waals surface area contributed by atoms with Gasteiger partial charge in [-0.1, -0.05) is 12.1 Å². The van der Waals surface area contributed by atoms with E-state index in [1.807, 2.05) is 0 Å². The summed E-state index contributed by atoms with van der Waals surface area (Å²) in [6.45, 7) is 0. The van der Waals surface area contributed by atoms with Crippen molar-refractivity contribution in [3.63, 3.8) is 0 Å². The van der Waals surface area contributed by atoms with E-state index in [1.165, 1.54) is 36.4 Å². The summed E-state index contributed by atoms with van der Waals surface area (Å²) in [6, 6.07) is 10.1. The van der Waals surface area contributed by atoms with Gasteiger partial charge in [-0.3, -0.25) is 0 Å². The van der Waals surface area contributed by atoms with Crippen LogP contribution in [0.2, 0.25) is 0 Å². The number of aromatic carboxylic acids is 4. The molecule has 0 spiro atoms. The first kappa shape index (κ1) is 21.2. The summed E-state index contributed by atoms with van der Waals surface area (Å²) in [5.74, 6) is -5.29. The minimum Gasteiger partial charge on any atom is -0.478 e. The average Bonchev–Trinajstić information content (AvgIpc) is 3.27. The van der Waals surface area contributed by atoms with Gasteiger partial charge in [-0.05, 0) is 57.8 Å². The molecule has 4 N–H and O–H groups in total. The van der Waals surface area contributed by atoms with Gasteiger partial charge in [0.1, 0.15) is 11.0 Å². The molecule has 0 bridgehead atoms. The highest BCUT2D eigenvalue weighted by Crippen LogP contribution is 2.35. The smallest absolute Gasteiger partial charge is 0.335 e. The Hall–Kier alpha value is -5.06. The summed E-state index contributed by atoms with van der Waals surface area (Å²) < 4.78 is 4.83. The Bertz CT molecular complexity index is 1310. The van der Waals surface area contributed by atoms with Crippen LogP contribution in [0.15, 0.2) is 53.2 Å². The number of rotatable bonds is 6. The molecule has 0 amide bonds. The van der Waals surface area contributed by atoms with Crippen molar-refractivity contribution < 1.29 is 44.2 Å². The summed E-state index contributed by atoms with van der Waals surface area (Å²) in [7, 11) is 0. The van der Waals surface area contributed by atoms with Gasteiger partial charge in [-0.25, -0.2) is 23.8 Å². The number of fused-ring (bicyclic) bond motifs is 1. The molecule has 0 radical (unpaired) electrons. The maximum absolute atomic E-state index is 11.5. The second-order valence-electron chi connectivity index (χ2n) is 6.94. The predicted octanol–water partition coefficient (Wildman–Crippen LogP) is 3.35. The lowest BCUT2D eigenvalue weighted by atomic mass is 9.94. The summed E-state index contributed by atoms with van der Waals surface area (Å²) in [6.07, 6.45) is 0. The number of hydrogen-bond acceptors (Lipinski definition) is 7. The fourth-order valence-corrected chi connectivity index (χ4v) is 3.39. The predicted molar refractivity (Wildman–Crippen MR) is 111 cm³/mol. The van der Waals surface area contributed by atoms with Crippen LogP contribution in [-0.2, 0) is 0 Å². The van der Waals surface area contributed by atoms with Crippen LogP contribution in [0.4, 0.5) is 0 Å². The number of benzene rings is 3. The third-order valence-corrected chi connectivity index (χ3v) is 4.89. The third-order valence-electron chi connectivity index (χ3n) is 4.89. The third kappa shape index (κ3) is 3.85. The minimum atomic E-state index is -1.32. The van der Waals surface area contributed by atoms with E-state index in [2.05, 4.69) is 10.3 Å². The van der Waals surface area contributed by atoms with Gasteiger partial charge in [0.15, 0.2) is 0 Å². The van der Waals surface area contributed by atoms with Gasteiger partial charge in [-0.15, -0.1) is 0 Å². The number of hydrogen-bond donors (Lipinski definition) is 4. The van der Waals surface area contributed by atoms with Crippen molar-refractivity contribution in [2.75, 3.05) is 0 Å². The van der Waals surface area contributed by atoms with Gasteiger partial charge < -0.3 is 20.4 Å². The molecule has 0 aliphatic heterocycles. The minimum absolute atomic E-state index is 0.143. The maximum atomic E-state index is 11.5. The van der Waals surface area contributed by atoms with Crippen LogP contribution in [-0.4, -0.2) is 54.6 Å². The molecule has 0 aliphatic rings. The Kier molecular flexibility index (Phi) is 5.06. The fourth-order valence-electron chi connectivity index (χ4n) is 3.39. The van der Waals surface area contributed by atoms with Crippen molar-refractivity contribution >= 4 is 34.9 Å². The molecule has 4 rings (SSSR count). The lowest BCUT2D eigenvalue weighted by molar-refractivity contribution is 0.0676. The van der Waals surface area contributed by atoms with Gasteiger partial charge >= 0.3 is 23.9 Å². The van der Waals surface area contributed by atoms with E-state index in [1.54, 1.807) is 0 Å². The second-order valence-corrected chi connectivity index (χ2v) is 6.94. The van der Waals surface area contributed by atoms with Crippen molar-refractivity contribution in [1.29, 1.82) is 0 Å². The number of carboxylic acid groups (broad SMARTS) is 4. The van der Waals surface area contributed by atoms with Crippen LogP contribution in [0.3, 0.4) is 0 Å². The molecular formula is C22H12N2O9. The molecule has 11 heteroatoms. The van der Waals surface area contributed by atoms with Gasteiger partial charge in [0.2, 0.25) is 0 Å². The molecule has 0 atom stereocenters. The topological polar surface area (TPSA) is 188 Å². The highest BCUT2D eigenvalue weighted by molar-refractivity contribution is 6.04. The molecule has 0 saturated carbocycles. The van der Waals surface area contributed by atoms with E-state index in [0.717, 1.165) is 12.1 Å². The number of aromatic nitrogens is 2. The van der Waals surface area contributed by atoms with E-state index >= 15 is 0 Å². The standard InChI is InChI=1S/C22H12N2O9/c25-19(26)11-3-9(4-12(7-11)20(27)28)15-1-2-16(18-17(15)23-33-24-18)10-5-13(21(29)30)8-14(6-10)22(31)32/h1-8H,(H,25,26)(H,27,28)(H,29,30)(H,31,32). The Morgan fingerprint density at radius 1 is 0.545 bits per heavy atom. The van der Waals surface area contributed by atoms with Crippen molar-refractivity contribution in [3.8, 4) is 22.3 Å². The number of carboxylic acids is 4. The first-order chi connectivity index (χ1) is 15.7. The van der Waals surface area contributed by atoms with Crippen molar-refractivity contribution in [1.82, 2.24) is 10.3 Å². The van der Waals surface area contributed by atoms with Crippen LogP contribution in [0.25, 0.3) is 33.3 Å². The van der Waals surface area contributed by atoms with E-state index in [-0.39, 0.29) is 44.4 Å². The zero-order valence-electron chi connectivity index (χ0n) is 16.3. The molecule has 1 heterocycles. The molecule has 0 saturated heterocycles. The summed E-state index contributed by atoms with van der Waals surface area (Å²) >= 11 is 0. The first-order valence-electron chi connectivity index (χ1n) is 9.15. The van der Waals surface area contributed by atoms with E-state index in [0.29, 0.717) is 11.1 Å². The Balaban J connectivity index is 1.95. The SMILES string of the molecule is O=C(O)c1cc(C(=O)O)cc(-c2ccc(-c3cc(C(=O)O)cc(C(=O)O)c3)c3nonc23)c1. The van der Waals surface area contributed by atoms with Crippen LogP contribution in [0.1, 0.15) is 41.4 Å². The zero-order chi connectivity index (χ0) is 23.9. The molecular weight excluding hydrogens is 436 g/mol. The Morgan fingerprint density at radius 2 is 0.848 bits per heavy atom. The van der Waals surface area contributed by atoms with E-state index in [4.69, 9.17) is 4.63 Å². The largest absolute Gasteiger partial charge is 0.478 e. The van der Waals surface area contributed by atoms with Crippen molar-refractivity contribution in [3.05, 3.63) is 70.8 Å². The van der Waals surface area contributed by atoms with Crippen LogP contribution >= 0.6 is 0 Å². The zero-order valence-corrected chi connectivity index (χ0v) is 16.3. The number of nitrogens with zero attached hydrogens (tertiary/aromatic N) is 2. The van der Waals surface area contributed by atoms with Gasteiger partial charge in [-0.2, -0.15) is 0 Å².